The van der Waals surface area contributed by atoms with Crippen molar-refractivity contribution in [1.82, 2.24) is 0 Å². The van der Waals surface area contributed by atoms with Gasteiger partial charge in [0.05, 0.1) is 9.80 Å². The van der Waals surface area contributed by atoms with Gasteiger partial charge in [-0.2, -0.15) is 8.42 Å². The average Bonchev–Trinajstić information content (AvgIpc) is 2.60. The lowest BCUT2D eigenvalue weighted by Gasteiger charge is -2.26. The van der Waals surface area contributed by atoms with Gasteiger partial charge in [-0.05, 0) is 23.9 Å². The van der Waals surface area contributed by atoms with Gasteiger partial charge in [-0.1, -0.05) is 31.8 Å². The molecule has 0 aliphatic heterocycles. The maximum Gasteiger partial charge on any atom is 0.274 e. The Kier molecular flexibility index (Phi) is 2.28. The van der Waals surface area contributed by atoms with Crippen molar-refractivity contribution < 1.29 is 40.3 Å². The molecule has 1 N–H and O–H groups in total. The maximum absolute atomic E-state index is 12.7. The second-order valence-corrected chi connectivity index (χ2v) is 5.14. The average molecular weight is 328 g/mol. The number of nitrogens with zero attached hydrogens (tertiary/aromatic N) is 1. The van der Waals surface area contributed by atoms with Gasteiger partial charge in [0.15, 0.2) is 5.75 Å². The van der Waals surface area contributed by atoms with Crippen molar-refractivity contribution in [3.63, 3.8) is 0 Å². The fraction of sp³-hybridized carbons (Fsp3) is 0.500. The summed E-state index contributed by atoms with van der Waals surface area (Å²) in [6.45, 7) is -8.30. The monoisotopic (exact) mass is 328 g/mol. The summed E-state index contributed by atoms with van der Waals surface area (Å²) >= 11 is 0. The first-order valence-corrected chi connectivity index (χ1v) is 6.93. The summed E-state index contributed by atoms with van der Waals surface area (Å²) in [5.41, 5.74) is -4.00. The number of carbonyl (C=O) groups excluding carboxylic acids is 1. The lowest BCUT2D eigenvalue weighted by Crippen LogP contribution is -2.38. The van der Waals surface area contributed by atoms with E-state index in [4.69, 9.17) is 27.1 Å². The number of rotatable bonds is 7. The van der Waals surface area contributed by atoms with Gasteiger partial charge in [-0.25, -0.2) is 0 Å². The number of carbonyl (C=O) groups is 1. The molecule has 1 aromatic rings. The topological polar surface area (TPSA) is 83.9 Å². The smallest absolute Gasteiger partial charge is 0.274 e. The largest absolute Gasteiger partial charge is 0.364 e. The van der Waals surface area contributed by atoms with Crippen LogP contribution in [0.4, 0.5) is 5.69 Å². The number of anilines is 1. The van der Waals surface area contributed by atoms with Crippen LogP contribution in [0.15, 0.2) is 18.1 Å². The molecule has 0 saturated heterocycles. The molecule has 0 spiro atoms. The Labute approximate surface area is 143 Å². The lowest BCUT2D eigenvalue weighted by atomic mass is 10.0. The highest BCUT2D eigenvalue weighted by Crippen LogP contribution is 2.27. The van der Waals surface area contributed by atoms with E-state index in [1.165, 1.54) is 0 Å². The highest BCUT2D eigenvalue weighted by atomic mass is 32.2. The second kappa shape index (κ2) is 7.53. The summed E-state index contributed by atoms with van der Waals surface area (Å²) in [6, 6.07) is -3.81. The van der Waals surface area contributed by atoms with Crippen LogP contribution in [0.2, 0.25) is 0 Å². The quantitative estimate of drug-likeness (QED) is 0.607. The van der Waals surface area contributed by atoms with Crippen molar-refractivity contribution in [2.24, 2.45) is 0 Å². The molecule has 118 valence electrons. The van der Waals surface area contributed by atoms with Crippen LogP contribution < -0.4 is 4.90 Å². The van der Waals surface area contributed by atoms with E-state index in [1.54, 1.807) is 0 Å². The molecular formula is C14H21NO5S. The van der Waals surface area contributed by atoms with E-state index >= 15 is 0 Å². The van der Waals surface area contributed by atoms with E-state index in [1.807, 2.05) is 0 Å². The molecule has 0 aliphatic carbocycles. The first-order valence-electron chi connectivity index (χ1n) is 11.8. The molecule has 0 unspecified atom stereocenters. The van der Waals surface area contributed by atoms with Crippen LogP contribution in [0.25, 0.3) is 0 Å². The summed E-state index contributed by atoms with van der Waals surface area (Å²) < 4.78 is 138. The van der Waals surface area contributed by atoms with Crippen LogP contribution in [0.3, 0.4) is 0 Å². The Balaban J connectivity index is 4.45. The summed E-state index contributed by atoms with van der Waals surface area (Å²) in [4.78, 5) is 12.8. The van der Waals surface area contributed by atoms with Crippen molar-refractivity contribution >= 4 is 21.7 Å². The molecule has 0 saturated carbocycles. The molecule has 0 aromatic heterocycles. The van der Waals surface area contributed by atoms with E-state index in [2.05, 4.69) is 0 Å². The lowest BCUT2D eigenvalue weighted by molar-refractivity contribution is -0.117. The zero-order chi connectivity index (χ0) is 27.2. The Morgan fingerprint density at radius 1 is 1.43 bits per heavy atom. The number of hydrogen-bond acceptors (Lipinski definition) is 4. The molecule has 6 nitrogen and oxygen atoms in total. The van der Waals surface area contributed by atoms with Gasteiger partial charge in [0, 0.05) is 20.8 Å². The van der Waals surface area contributed by atoms with E-state index in [-0.39, 0.29) is 4.90 Å². The fourth-order valence-electron chi connectivity index (χ4n) is 1.47. The summed E-state index contributed by atoms with van der Waals surface area (Å²) in [5.74, 6) is -3.35. The zero-order valence-electron chi connectivity index (χ0n) is 23.8. The third kappa shape index (κ3) is 4.80. The highest BCUT2D eigenvalue weighted by molar-refractivity contribution is 7.86. The predicted octanol–water partition coefficient (Wildman–Crippen LogP) is 1.64. The molecule has 0 radical (unpaired) electrons. The molecule has 0 bridgehead atoms. The van der Waals surface area contributed by atoms with E-state index in [0.717, 1.165) is 7.11 Å². The molecule has 0 fully saturated rings. The van der Waals surface area contributed by atoms with Crippen LogP contribution >= 0.6 is 0 Å². The molecule has 1 aromatic carbocycles. The predicted molar refractivity (Wildman–Crippen MR) is 81.0 cm³/mol. The standard InChI is InChI=1S/C14H21NO5S/c1-4-11-7-6-8-12(5-2)14(11)15(10-20-3)13(16)9-21(17,18)19/h6-8H,4-5,9-10H2,1-3H3,(H,17,18,19)/i1D3,2D3,4D2,5D2,6D,7D,8D. The first kappa shape index (κ1) is 6.36. The summed E-state index contributed by atoms with van der Waals surface area (Å²) in [6.07, 6.45) is -7.26. The van der Waals surface area contributed by atoms with Crippen LogP contribution in [-0.2, 0) is 32.4 Å². The third-order valence-corrected chi connectivity index (χ3v) is 2.85. The van der Waals surface area contributed by atoms with E-state index in [9.17, 15) is 13.2 Å². The van der Waals surface area contributed by atoms with Gasteiger partial charge in [-0.15, -0.1) is 0 Å². The maximum atomic E-state index is 12.7. The number of amides is 1. The molecule has 7 heteroatoms. The number of benzene rings is 1. The molecule has 0 heterocycles. The Hall–Kier alpha value is -1.44. The van der Waals surface area contributed by atoms with Gasteiger partial charge < -0.3 is 4.74 Å². The van der Waals surface area contributed by atoms with Crippen molar-refractivity contribution in [1.29, 1.82) is 0 Å². The van der Waals surface area contributed by atoms with Crippen LogP contribution in [0, 0.1) is 0 Å². The second-order valence-electron chi connectivity index (χ2n) is 3.69. The minimum atomic E-state index is -5.06. The van der Waals surface area contributed by atoms with E-state index < -0.39 is 89.9 Å². The summed E-state index contributed by atoms with van der Waals surface area (Å²) in [5, 5.41) is 0. The van der Waals surface area contributed by atoms with Crippen molar-refractivity contribution in [3.05, 3.63) is 29.3 Å². The van der Waals surface area contributed by atoms with Gasteiger partial charge in [0.25, 0.3) is 10.1 Å². The summed E-state index contributed by atoms with van der Waals surface area (Å²) in [7, 11) is -4.13. The zero-order valence-corrected chi connectivity index (χ0v) is 11.7. The van der Waals surface area contributed by atoms with Gasteiger partial charge >= 0.3 is 0 Å². The van der Waals surface area contributed by atoms with Gasteiger partial charge in [0.1, 0.15) is 6.73 Å². The van der Waals surface area contributed by atoms with Crippen LogP contribution in [0.5, 0.6) is 0 Å². The van der Waals surface area contributed by atoms with Gasteiger partial charge in [-0.3, -0.25) is 14.2 Å². The number of hydrogen-bond donors (Lipinski definition) is 1. The fourth-order valence-corrected chi connectivity index (χ4v) is 1.94. The Morgan fingerprint density at radius 2 is 2.00 bits per heavy atom. The number of methoxy groups -OCH3 is 1. The van der Waals surface area contributed by atoms with Crippen LogP contribution in [-0.4, -0.2) is 38.5 Å². The molecule has 1 amide bonds. The minimum Gasteiger partial charge on any atom is -0.364 e. The Morgan fingerprint density at radius 3 is 2.43 bits per heavy atom. The molecule has 21 heavy (non-hydrogen) atoms. The van der Waals surface area contributed by atoms with Crippen molar-refractivity contribution in [3.8, 4) is 0 Å². The molecular weight excluding hydrogens is 294 g/mol. The highest BCUT2D eigenvalue weighted by Gasteiger charge is 2.24. The molecule has 0 aliphatic rings. The van der Waals surface area contributed by atoms with Gasteiger partial charge in [0.2, 0.25) is 5.91 Å². The molecule has 1 rings (SSSR count). The SMILES string of the molecule is [2H]c1c([2H])c(C([2H])([2H])C([2H])([2H])[2H])c(N(COC)C(=O)CS(=O)(=O)O)c(C([2H])([2H])C([2H])([2H])[2H])c1[2H]. The minimum absolute atomic E-state index is 0.112. The normalized spacial score (nSPS) is 23.0. The molecule has 0 atom stereocenters. The first-order chi connectivity index (χ1) is 14.9. The third-order valence-electron chi connectivity index (χ3n) is 2.23. The van der Waals surface area contributed by atoms with Crippen molar-refractivity contribution in [2.75, 3.05) is 24.5 Å². The van der Waals surface area contributed by atoms with Crippen molar-refractivity contribution in [2.45, 2.75) is 26.4 Å². The van der Waals surface area contributed by atoms with E-state index in [0.29, 0.717) is 0 Å². The van der Waals surface area contributed by atoms with Crippen LogP contribution in [0.1, 0.15) is 42.7 Å². The Bertz CT molecular complexity index is 1010. The number of ether oxygens (including phenoxy) is 1. The number of para-hydroxylation sites is 1.